The van der Waals surface area contributed by atoms with E-state index >= 15 is 0 Å². The fourth-order valence-corrected chi connectivity index (χ4v) is 0.500. The lowest BCUT2D eigenvalue weighted by atomic mass is 10.9. The van der Waals surface area contributed by atoms with Crippen LogP contribution in [-0.4, -0.2) is 18.7 Å². The Morgan fingerprint density at radius 3 is 3.00 bits per heavy atom. The van der Waals surface area contributed by atoms with Crippen LogP contribution in [0.15, 0.2) is 12.4 Å². The van der Waals surface area contributed by atoms with Gasteiger partial charge in [0.05, 0.1) is 0 Å². The zero-order valence-electron chi connectivity index (χ0n) is 4.31. The molecule has 0 bridgehead atoms. The van der Waals surface area contributed by atoms with Gasteiger partial charge in [0.1, 0.15) is 6.67 Å². The minimum atomic E-state index is 0.872. The van der Waals surface area contributed by atoms with Crippen LogP contribution in [0.25, 0.3) is 0 Å². The molecule has 2 N–H and O–H groups in total. The second-order valence-electron chi connectivity index (χ2n) is 1.37. The van der Waals surface area contributed by atoms with Gasteiger partial charge >= 0.3 is 0 Å². The molecule has 0 fully saturated rings. The summed E-state index contributed by atoms with van der Waals surface area (Å²) in [4.78, 5) is 0. The third-order valence-electron chi connectivity index (χ3n) is 0.921. The van der Waals surface area contributed by atoms with Gasteiger partial charge in [-0.3, -0.25) is 5.01 Å². The Hall–Kier alpha value is -0.700. The van der Waals surface area contributed by atoms with Crippen LogP contribution in [0.4, 0.5) is 0 Å². The SMILES string of the molecule is CNN1C=CNC1. The maximum atomic E-state index is 3.01. The highest BCUT2D eigenvalue weighted by Gasteiger charge is 1.95. The number of hydrogen-bond donors (Lipinski definition) is 2. The summed E-state index contributed by atoms with van der Waals surface area (Å²) in [6.07, 6.45) is 3.84. The van der Waals surface area contributed by atoms with Gasteiger partial charge in [-0.2, -0.15) is 0 Å². The van der Waals surface area contributed by atoms with E-state index < -0.39 is 0 Å². The van der Waals surface area contributed by atoms with Crippen LogP contribution in [0.5, 0.6) is 0 Å². The molecular formula is C4H9N3. The number of nitrogens with one attached hydrogen (secondary N) is 2. The second kappa shape index (κ2) is 1.84. The Balaban J connectivity index is 2.28. The van der Waals surface area contributed by atoms with E-state index in [0.29, 0.717) is 0 Å². The van der Waals surface area contributed by atoms with E-state index in [1.165, 1.54) is 0 Å². The third-order valence-corrected chi connectivity index (χ3v) is 0.921. The molecule has 0 aromatic carbocycles. The summed E-state index contributed by atoms with van der Waals surface area (Å²) in [6.45, 7) is 0.872. The van der Waals surface area contributed by atoms with E-state index in [1.807, 2.05) is 24.5 Å². The summed E-state index contributed by atoms with van der Waals surface area (Å²) in [6, 6.07) is 0. The predicted molar refractivity (Wildman–Crippen MR) is 28.0 cm³/mol. The van der Waals surface area contributed by atoms with Crippen molar-refractivity contribution in [1.82, 2.24) is 15.8 Å². The molecule has 0 unspecified atom stereocenters. The van der Waals surface area contributed by atoms with Crippen molar-refractivity contribution in [3.05, 3.63) is 12.4 Å². The van der Waals surface area contributed by atoms with E-state index in [-0.39, 0.29) is 0 Å². The van der Waals surface area contributed by atoms with Crippen LogP contribution >= 0.6 is 0 Å². The Bertz CT molecular complexity index is 79.0. The summed E-state index contributed by atoms with van der Waals surface area (Å²) >= 11 is 0. The van der Waals surface area contributed by atoms with Crippen molar-refractivity contribution in [2.75, 3.05) is 13.7 Å². The largest absolute Gasteiger partial charge is 0.371 e. The molecule has 0 saturated heterocycles. The molecule has 1 heterocycles. The molecule has 0 saturated carbocycles. The molecule has 40 valence electrons. The first-order valence-corrected chi connectivity index (χ1v) is 2.27. The highest BCUT2D eigenvalue weighted by Crippen LogP contribution is 1.84. The molecule has 1 aliphatic rings. The summed E-state index contributed by atoms with van der Waals surface area (Å²) in [5, 5.41) is 4.95. The lowest BCUT2D eigenvalue weighted by Crippen LogP contribution is -2.31. The molecule has 0 aromatic heterocycles. The van der Waals surface area contributed by atoms with Crippen LogP contribution in [0.3, 0.4) is 0 Å². The van der Waals surface area contributed by atoms with Gasteiger partial charge in [0, 0.05) is 19.4 Å². The molecule has 3 nitrogen and oxygen atoms in total. The topological polar surface area (TPSA) is 27.3 Å². The minimum absolute atomic E-state index is 0.872. The first-order chi connectivity index (χ1) is 3.43. The van der Waals surface area contributed by atoms with Gasteiger partial charge in [0.15, 0.2) is 0 Å². The van der Waals surface area contributed by atoms with Gasteiger partial charge in [-0.05, 0) is 0 Å². The smallest absolute Gasteiger partial charge is 0.102 e. The second-order valence-corrected chi connectivity index (χ2v) is 1.37. The van der Waals surface area contributed by atoms with Crippen molar-refractivity contribution in [1.29, 1.82) is 0 Å². The van der Waals surface area contributed by atoms with Crippen molar-refractivity contribution >= 4 is 0 Å². The van der Waals surface area contributed by atoms with Crippen molar-refractivity contribution in [2.24, 2.45) is 0 Å². The molecule has 0 aromatic rings. The molecule has 1 rings (SSSR count). The Morgan fingerprint density at radius 1 is 1.86 bits per heavy atom. The van der Waals surface area contributed by atoms with Crippen LogP contribution < -0.4 is 10.7 Å². The normalized spacial score (nSPS) is 17.6. The molecule has 0 aliphatic carbocycles. The predicted octanol–water partition coefficient (Wildman–Crippen LogP) is -0.545. The van der Waals surface area contributed by atoms with Crippen LogP contribution in [0.1, 0.15) is 0 Å². The Morgan fingerprint density at radius 2 is 2.71 bits per heavy atom. The summed E-state index contributed by atoms with van der Waals surface area (Å²) in [5.74, 6) is 0. The van der Waals surface area contributed by atoms with Crippen LogP contribution in [0.2, 0.25) is 0 Å². The van der Waals surface area contributed by atoms with Gasteiger partial charge in [-0.15, -0.1) is 0 Å². The van der Waals surface area contributed by atoms with E-state index in [1.54, 1.807) is 0 Å². The molecule has 0 spiro atoms. The van der Waals surface area contributed by atoms with Crippen LogP contribution in [0, 0.1) is 0 Å². The standard InChI is InChI=1S/C4H9N3/c1-5-7-3-2-6-4-7/h2-3,5-6H,4H2,1H3. The molecule has 0 amide bonds. The van der Waals surface area contributed by atoms with Crippen molar-refractivity contribution < 1.29 is 0 Å². The van der Waals surface area contributed by atoms with E-state index in [4.69, 9.17) is 0 Å². The van der Waals surface area contributed by atoms with E-state index in [2.05, 4.69) is 10.7 Å². The average Bonchev–Trinajstić information content (AvgIpc) is 2.14. The first kappa shape index (κ1) is 4.46. The number of nitrogens with zero attached hydrogens (tertiary/aromatic N) is 1. The van der Waals surface area contributed by atoms with Gasteiger partial charge in [0.2, 0.25) is 0 Å². The van der Waals surface area contributed by atoms with Crippen molar-refractivity contribution in [3.8, 4) is 0 Å². The minimum Gasteiger partial charge on any atom is -0.371 e. The Kier molecular flexibility index (Phi) is 1.17. The van der Waals surface area contributed by atoms with Gasteiger partial charge in [0.25, 0.3) is 0 Å². The van der Waals surface area contributed by atoms with E-state index in [0.717, 1.165) is 6.67 Å². The summed E-state index contributed by atoms with van der Waals surface area (Å²) < 4.78 is 0. The lowest BCUT2D eigenvalue weighted by molar-refractivity contribution is 0.312. The third kappa shape index (κ3) is 0.838. The quantitative estimate of drug-likeness (QED) is 0.462. The zero-order valence-corrected chi connectivity index (χ0v) is 4.31. The highest BCUT2D eigenvalue weighted by molar-refractivity contribution is 4.84. The monoisotopic (exact) mass is 99.1 g/mol. The van der Waals surface area contributed by atoms with Gasteiger partial charge < -0.3 is 5.32 Å². The zero-order chi connectivity index (χ0) is 5.11. The highest BCUT2D eigenvalue weighted by atomic mass is 15.5. The lowest BCUT2D eigenvalue weighted by Gasteiger charge is -2.10. The fraction of sp³-hybridized carbons (Fsp3) is 0.500. The molecule has 0 radical (unpaired) electrons. The Labute approximate surface area is 43.0 Å². The van der Waals surface area contributed by atoms with Crippen molar-refractivity contribution in [2.45, 2.75) is 0 Å². The maximum Gasteiger partial charge on any atom is 0.102 e. The molecule has 1 aliphatic heterocycles. The maximum absolute atomic E-state index is 3.01. The van der Waals surface area contributed by atoms with Crippen LogP contribution in [-0.2, 0) is 0 Å². The van der Waals surface area contributed by atoms with Crippen molar-refractivity contribution in [3.63, 3.8) is 0 Å². The fourth-order valence-electron chi connectivity index (χ4n) is 0.500. The number of hydrazine groups is 1. The first-order valence-electron chi connectivity index (χ1n) is 2.27. The molecule has 3 heteroatoms. The molecular weight excluding hydrogens is 90.1 g/mol. The van der Waals surface area contributed by atoms with E-state index in [9.17, 15) is 0 Å². The van der Waals surface area contributed by atoms with Gasteiger partial charge in [-0.25, -0.2) is 5.43 Å². The molecule has 0 atom stereocenters. The number of rotatable bonds is 1. The molecule has 7 heavy (non-hydrogen) atoms. The number of hydrogen-bond acceptors (Lipinski definition) is 3. The van der Waals surface area contributed by atoms with Gasteiger partial charge in [-0.1, -0.05) is 0 Å². The summed E-state index contributed by atoms with van der Waals surface area (Å²) in [5.41, 5.74) is 2.95. The summed E-state index contributed by atoms with van der Waals surface area (Å²) in [7, 11) is 1.89. The average molecular weight is 99.1 g/mol.